The first kappa shape index (κ1) is 20.5. The molecule has 26 heavy (non-hydrogen) atoms. The maximum Gasteiger partial charge on any atom is 0.193 e. The SMILES string of the molecule is CCC(CNC(=NC)N1CCS(=O)(=O)C(C)(C)C1)Oc1ccccc1F. The second-order valence-electron chi connectivity index (χ2n) is 7.01. The van der Waals surface area contributed by atoms with Gasteiger partial charge in [0.25, 0.3) is 0 Å². The second kappa shape index (κ2) is 8.24. The van der Waals surface area contributed by atoms with Crippen LogP contribution in [0.2, 0.25) is 0 Å². The zero-order valence-electron chi connectivity index (χ0n) is 15.8. The number of hydrogen-bond donors (Lipinski definition) is 1. The molecule has 1 heterocycles. The van der Waals surface area contributed by atoms with E-state index in [-0.39, 0.29) is 17.6 Å². The molecular weight excluding hydrogens is 357 g/mol. The summed E-state index contributed by atoms with van der Waals surface area (Å²) in [5, 5.41) is 3.23. The summed E-state index contributed by atoms with van der Waals surface area (Å²) in [5.74, 6) is 0.562. The third-order valence-corrected chi connectivity index (χ3v) is 7.16. The van der Waals surface area contributed by atoms with Gasteiger partial charge >= 0.3 is 0 Å². The number of ether oxygens (including phenoxy) is 1. The fourth-order valence-corrected chi connectivity index (χ4v) is 4.22. The first-order valence-electron chi connectivity index (χ1n) is 8.79. The van der Waals surface area contributed by atoms with Crippen LogP contribution in [-0.4, -0.2) is 62.6 Å². The van der Waals surface area contributed by atoms with Crippen LogP contribution >= 0.6 is 0 Å². The van der Waals surface area contributed by atoms with Gasteiger partial charge in [0.15, 0.2) is 27.4 Å². The number of para-hydroxylation sites is 1. The Bertz CT molecular complexity index is 750. The molecule has 1 N–H and O–H groups in total. The largest absolute Gasteiger partial charge is 0.486 e. The third kappa shape index (κ3) is 4.66. The number of halogens is 1. The van der Waals surface area contributed by atoms with Gasteiger partial charge in [-0.1, -0.05) is 19.1 Å². The highest BCUT2D eigenvalue weighted by atomic mass is 32.2. The normalized spacial score (nSPS) is 20.5. The third-order valence-electron chi connectivity index (χ3n) is 4.63. The molecule has 2 rings (SSSR count). The first-order chi connectivity index (χ1) is 12.2. The molecule has 0 spiro atoms. The second-order valence-corrected chi connectivity index (χ2v) is 9.75. The van der Waals surface area contributed by atoms with E-state index in [9.17, 15) is 12.8 Å². The van der Waals surface area contributed by atoms with E-state index in [0.29, 0.717) is 32.0 Å². The van der Waals surface area contributed by atoms with Gasteiger partial charge in [-0.15, -0.1) is 0 Å². The van der Waals surface area contributed by atoms with Crippen molar-refractivity contribution >= 4 is 15.8 Å². The van der Waals surface area contributed by atoms with E-state index in [1.54, 1.807) is 39.1 Å². The summed E-state index contributed by atoms with van der Waals surface area (Å²) in [7, 11) is -1.44. The highest BCUT2D eigenvalue weighted by Crippen LogP contribution is 2.24. The molecule has 0 bridgehead atoms. The molecule has 1 aliphatic heterocycles. The van der Waals surface area contributed by atoms with Crippen molar-refractivity contribution in [2.24, 2.45) is 4.99 Å². The van der Waals surface area contributed by atoms with Gasteiger partial charge in [-0.25, -0.2) is 12.8 Å². The van der Waals surface area contributed by atoms with Gasteiger partial charge < -0.3 is 15.0 Å². The van der Waals surface area contributed by atoms with Crippen LogP contribution in [0.25, 0.3) is 0 Å². The molecule has 1 aliphatic rings. The average molecular weight is 386 g/mol. The fourth-order valence-electron chi connectivity index (χ4n) is 2.85. The van der Waals surface area contributed by atoms with E-state index in [2.05, 4.69) is 10.3 Å². The standard InChI is InChI=1S/C18H28FN3O3S/c1-5-14(25-16-9-7-6-8-15(16)19)12-21-17(20-4)22-10-11-26(23,24)18(2,3)13-22/h6-9,14H,5,10-13H2,1-4H3,(H,20,21). The topological polar surface area (TPSA) is 71.0 Å². The minimum absolute atomic E-state index is 0.101. The Balaban J connectivity index is 1.98. The number of nitrogens with zero attached hydrogens (tertiary/aromatic N) is 2. The zero-order chi connectivity index (χ0) is 19.4. The first-order valence-corrected chi connectivity index (χ1v) is 10.4. The van der Waals surface area contributed by atoms with Gasteiger partial charge in [0.05, 0.1) is 17.0 Å². The van der Waals surface area contributed by atoms with Gasteiger partial charge in [-0.2, -0.15) is 0 Å². The molecule has 8 heteroatoms. The summed E-state index contributed by atoms with van der Waals surface area (Å²) < 4.78 is 43.0. The van der Waals surface area contributed by atoms with Crippen molar-refractivity contribution in [1.82, 2.24) is 10.2 Å². The van der Waals surface area contributed by atoms with Crippen molar-refractivity contribution in [3.63, 3.8) is 0 Å². The Morgan fingerprint density at radius 2 is 2.12 bits per heavy atom. The van der Waals surface area contributed by atoms with Crippen LogP contribution in [0, 0.1) is 5.82 Å². The van der Waals surface area contributed by atoms with E-state index >= 15 is 0 Å². The molecule has 1 fully saturated rings. The van der Waals surface area contributed by atoms with Crippen molar-refractivity contribution in [3.05, 3.63) is 30.1 Å². The lowest BCUT2D eigenvalue weighted by Crippen LogP contribution is -2.57. The summed E-state index contributed by atoms with van der Waals surface area (Å²) in [4.78, 5) is 6.20. The molecule has 1 aromatic carbocycles. The lowest BCUT2D eigenvalue weighted by atomic mass is 10.2. The maximum atomic E-state index is 13.8. The number of sulfone groups is 1. The van der Waals surface area contributed by atoms with E-state index < -0.39 is 20.4 Å². The Morgan fingerprint density at radius 3 is 2.69 bits per heavy atom. The van der Waals surface area contributed by atoms with Crippen molar-refractivity contribution < 1.29 is 17.5 Å². The molecule has 1 aromatic rings. The van der Waals surface area contributed by atoms with Gasteiger partial charge in [-0.05, 0) is 32.4 Å². The van der Waals surface area contributed by atoms with Gasteiger partial charge in [0.2, 0.25) is 0 Å². The van der Waals surface area contributed by atoms with Gasteiger partial charge in [0.1, 0.15) is 6.10 Å². The van der Waals surface area contributed by atoms with Crippen LogP contribution in [-0.2, 0) is 9.84 Å². The number of benzene rings is 1. The summed E-state index contributed by atoms with van der Waals surface area (Å²) >= 11 is 0. The summed E-state index contributed by atoms with van der Waals surface area (Å²) in [6.45, 7) is 6.65. The predicted octanol–water partition coefficient (Wildman–Crippen LogP) is 2.07. The Kier molecular flexibility index (Phi) is 6.49. The van der Waals surface area contributed by atoms with Crippen LogP contribution in [0.3, 0.4) is 0 Å². The van der Waals surface area contributed by atoms with Crippen molar-refractivity contribution in [2.75, 3.05) is 32.4 Å². The van der Waals surface area contributed by atoms with Crippen LogP contribution in [0.5, 0.6) is 5.75 Å². The maximum absolute atomic E-state index is 13.8. The highest BCUT2D eigenvalue weighted by molar-refractivity contribution is 7.92. The van der Waals surface area contributed by atoms with Crippen molar-refractivity contribution in [2.45, 2.75) is 38.0 Å². The van der Waals surface area contributed by atoms with E-state index in [0.717, 1.165) is 0 Å². The van der Waals surface area contributed by atoms with Crippen LogP contribution in [0.15, 0.2) is 29.3 Å². The predicted molar refractivity (Wildman–Crippen MR) is 102 cm³/mol. The number of guanidine groups is 1. The monoisotopic (exact) mass is 385 g/mol. The minimum atomic E-state index is -3.11. The molecule has 6 nitrogen and oxygen atoms in total. The molecule has 0 radical (unpaired) electrons. The molecule has 1 unspecified atom stereocenters. The molecule has 0 aromatic heterocycles. The lowest BCUT2D eigenvalue weighted by Gasteiger charge is -2.39. The molecular formula is C18H28FN3O3S. The number of nitrogens with one attached hydrogen (secondary N) is 1. The summed E-state index contributed by atoms with van der Waals surface area (Å²) in [6, 6.07) is 6.32. The number of hydrogen-bond acceptors (Lipinski definition) is 4. The van der Waals surface area contributed by atoms with Crippen LogP contribution in [0.4, 0.5) is 4.39 Å². The highest BCUT2D eigenvalue weighted by Gasteiger charge is 2.41. The molecule has 0 amide bonds. The van der Waals surface area contributed by atoms with Gasteiger partial charge in [-0.3, -0.25) is 4.99 Å². The molecule has 146 valence electrons. The van der Waals surface area contributed by atoms with E-state index in [4.69, 9.17) is 4.74 Å². The van der Waals surface area contributed by atoms with Crippen molar-refractivity contribution in [1.29, 1.82) is 0 Å². The van der Waals surface area contributed by atoms with Crippen LogP contribution in [0.1, 0.15) is 27.2 Å². The Morgan fingerprint density at radius 1 is 1.42 bits per heavy atom. The number of aliphatic imine (C=N–C) groups is 1. The van der Waals surface area contributed by atoms with E-state index in [1.165, 1.54) is 6.07 Å². The lowest BCUT2D eigenvalue weighted by molar-refractivity contribution is 0.189. The Labute approximate surface area is 155 Å². The molecule has 1 saturated heterocycles. The smallest absolute Gasteiger partial charge is 0.193 e. The quantitative estimate of drug-likeness (QED) is 0.621. The molecule has 0 aliphatic carbocycles. The van der Waals surface area contributed by atoms with Crippen molar-refractivity contribution in [3.8, 4) is 5.75 Å². The van der Waals surface area contributed by atoms with Gasteiger partial charge in [0, 0.05) is 20.1 Å². The minimum Gasteiger partial charge on any atom is -0.486 e. The molecule has 0 saturated carbocycles. The summed E-state index contributed by atoms with van der Waals surface area (Å²) in [6.07, 6.45) is 0.461. The van der Waals surface area contributed by atoms with E-state index in [1.807, 2.05) is 11.8 Å². The summed E-state index contributed by atoms with van der Waals surface area (Å²) in [5.41, 5.74) is 0. The number of rotatable bonds is 5. The Hall–Kier alpha value is -1.83. The molecule has 1 atom stereocenters. The average Bonchev–Trinajstić information content (AvgIpc) is 2.59. The zero-order valence-corrected chi connectivity index (χ0v) is 16.6. The fraction of sp³-hybridized carbons (Fsp3) is 0.611. The van der Waals surface area contributed by atoms with Crippen LogP contribution < -0.4 is 10.1 Å².